The highest BCUT2D eigenvalue weighted by Crippen LogP contribution is 2.31. The molecule has 3 aliphatic rings. The van der Waals surface area contributed by atoms with Crippen LogP contribution in [0, 0.1) is 11.8 Å². The molecule has 0 aromatic heterocycles. The van der Waals surface area contributed by atoms with E-state index in [4.69, 9.17) is 0 Å². The molecule has 4 heteroatoms. The summed E-state index contributed by atoms with van der Waals surface area (Å²) < 4.78 is 0. The Balaban J connectivity index is 1.54. The maximum atomic E-state index is 12.9. The Bertz CT molecular complexity index is 431. The highest BCUT2D eigenvalue weighted by Gasteiger charge is 2.40. The van der Waals surface area contributed by atoms with E-state index in [2.05, 4.69) is 11.8 Å². The van der Waals surface area contributed by atoms with Crippen LogP contribution in [0.25, 0.3) is 0 Å². The minimum atomic E-state index is -0.0779. The zero-order chi connectivity index (χ0) is 16.2. The quantitative estimate of drug-likeness (QED) is 0.798. The average Bonchev–Trinajstić information content (AvgIpc) is 3.13. The van der Waals surface area contributed by atoms with E-state index in [9.17, 15) is 9.59 Å². The van der Waals surface area contributed by atoms with E-state index in [1.54, 1.807) is 0 Å². The number of hydrogen-bond acceptors (Lipinski definition) is 2. The molecule has 130 valence electrons. The largest absolute Gasteiger partial charge is 0.342 e. The Morgan fingerprint density at radius 2 is 1.87 bits per heavy atom. The minimum absolute atomic E-state index is 0.0779. The fourth-order valence-electron chi connectivity index (χ4n) is 4.81. The molecule has 1 aliphatic carbocycles. The van der Waals surface area contributed by atoms with Gasteiger partial charge in [0, 0.05) is 32.1 Å². The predicted molar refractivity (Wildman–Crippen MR) is 90.9 cm³/mol. The highest BCUT2D eigenvalue weighted by atomic mass is 16.2. The third-order valence-corrected chi connectivity index (χ3v) is 6.13. The van der Waals surface area contributed by atoms with E-state index >= 15 is 0 Å². The molecule has 0 bridgehead atoms. The maximum Gasteiger partial charge on any atom is 0.227 e. The van der Waals surface area contributed by atoms with E-state index in [1.165, 1.54) is 32.1 Å². The molecule has 4 nitrogen and oxygen atoms in total. The molecule has 0 N–H and O–H groups in total. The zero-order valence-corrected chi connectivity index (χ0v) is 14.6. The molecule has 1 saturated carbocycles. The molecule has 3 rings (SSSR count). The number of amides is 2. The lowest BCUT2D eigenvalue weighted by Crippen LogP contribution is -2.39. The second-order valence-corrected chi connectivity index (χ2v) is 7.80. The fourth-order valence-corrected chi connectivity index (χ4v) is 4.81. The monoisotopic (exact) mass is 320 g/mol. The van der Waals surface area contributed by atoms with Gasteiger partial charge in [-0.3, -0.25) is 9.59 Å². The minimum Gasteiger partial charge on any atom is -0.342 e. The molecule has 0 aromatic carbocycles. The first-order valence-electron chi connectivity index (χ1n) is 9.77. The molecule has 2 amide bonds. The molecule has 2 saturated heterocycles. The molecular weight excluding hydrogens is 288 g/mol. The topological polar surface area (TPSA) is 40.6 Å². The van der Waals surface area contributed by atoms with E-state index in [1.807, 2.05) is 4.90 Å². The van der Waals surface area contributed by atoms with Crippen LogP contribution in [0.3, 0.4) is 0 Å². The van der Waals surface area contributed by atoms with Crippen LogP contribution in [0.1, 0.15) is 71.1 Å². The van der Waals surface area contributed by atoms with Crippen molar-refractivity contribution in [2.45, 2.75) is 77.2 Å². The van der Waals surface area contributed by atoms with Crippen molar-refractivity contribution in [3.63, 3.8) is 0 Å². The molecule has 0 radical (unpaired) electrons. The average molecular weight is 320 g/mol. The molecule has 2 atom stereocenters. The number of likely N-dealkylation sites (tertiary alicyclic amines) is 2. The molecule has 3 fully saturated rings. The number of hydrogen-bond donors (Lipinski definition) is 0. The summed E-state index contributed by atoms with van der Waals surface area (Å²) in [6.45, 7) is 4.72. The third kappa shape index (κ3) is 3.89. The van der Waals surface area contributed by atoms with Crippen LogP contribution in [-0.4, -0.2) is 47.3 Å². The third-order valence-electron chi connectivity index (χ3n) is 6.13. The molecule has 23 heavy (non-hydrogen) atoms. The molecule has 2 aliphatic heterocycles. The van der Waals surface area contributed by atoms with E-state index in [0.717, 1.165) is 44.7 Å². The van der Waals surface area contributed by atoms with E-state index in [0.29, 0.717) is 19.0 Å². The van der Waals surface area contributed by atoms with Crippen LogP contribution >= 0.6 is 0 Å². The van der Waals surface area contributed by atoms with Gasteiger partial charge < -0.3 is 9.80 Å². The van der Waals surface area contributed by atoms with Crippen molar-refractivity contribution in [2.75, 3.05) is 19.6 Å². The summed E-state index contributed by atoms with van der Waals surface area (Å²) >= 11 is 0. The van der Waals surface area contributed by atoms with Crippen LogP contribution in [0.5, 0.6) is 0 Å². The summed E-state index contributed by atoms with van der Waals surface area (Å²) in [6.07, 6.45) is 11.3. The Kier molecular flexibility index (Phi) is 5.60. The molecule has 0 aromatic rings. The van der Waals surface area contributed by atoms with Crippen molar-refractivity contribution in [2.24, 2.45) is 11.8 Å². The van der Waals surface area contributed by atoms with Gasteiger partial charge in [-0.15, -0.1) is 0 Å². The Labute approximate surface area is 140 Å². The summed E-state index contributed by atoms with van der Waals surface area (Å²) in [5.74, 6) is 1.17. The van der Waals surface area contributed by atoms with Gasteiger partial charge in [0.1, 0.15) is 0 Å². The summed E-state index contributed by atoms with van der Waals surface area (Å²) in [5.41, 5.74) is 0. The SMILES string of the molecule is CCC[C@H]1CCCN(C(=O)[C@@H]2CC(=O)N(C3CCCC3)C2)CC1. The Morgan fingerprint density at radius 3 is 2.61 bits per heavy atom. The van der Waals surface area contributed by atoms with Crippen LogP contribution in [0.2, 0.25) is 0 Å². The second-order valence-electron chi connectivity index (χ2n) is 7.80. The van der Waals surface area contributed by atoms with Gasteiger partial charge in [-0.2, -0.15) is 0 Å². The van der Waals surface area contributed by atoms with Crippen LogP contribution in [0.15, 0.2) is 0 Å². The molecule has 0 unspecified atom stereocenters. The summed E-state index contributed by atoms with van der Waals surface area (Å²) in [7, 11) is 0. The summed E-state index contributed by atoms with van der Waals surface area (Å²) in [4.78, 5) is 29.3. The molecule has 2 heterocycles. The lowest BCUT2D eigenvalue weighted by atomic mass is 9.96. The maximum absolute atomic E-state index is 12.9. The standard InChI is InChI=1S/C19H32N2O2/c1-2-6-15-7-5-11-20(12-10-15)19(23)16-13-18(22)21(14-16)17-8-3-4-9-17/h15-17H,2-14H2,1H3/t15-,16+/m0/s1. The van der Waals surface area contributed by atoms with Gasteiger partial charge in [0.2, 0.25) is 11.8 Å². The lowest BCUT2D eigenvalue weighted by Gasteiger charge is -2.26. The van der Waals surface area contributed by atoms with Gasteiger partial charge in [-0.25, -0.2) is 0 Å². The number of carbonyl (C=O) groups is 2. The van der Waals surface area contributed by atoms with Gasteiger partial charge >= 0.3 is 0 Å². The summed E-state index contributed by atoms with van der Waals surface area (Å²) in [5, 5.41) is 0. The molecular formula is C19H32N2O2. The number of carbonyl (C=O) groups excluding carboxylic acids is 2. The van der Waals surface area contributed by atoms with Gasteiger partial charge in [0.25, 0.3) is 0 Å². The van der Waals surface area contributed by atoms with Gasteiger partial charge in [-0.05, 0) is 38.0 Å². The first kappa shape index (κ1) is 16.8. The second kappa shape index (κ2) is 7.67. The Morgan fingerprint density at radius 1 is 1.09 bits per heavy atom. The smallest absolute Gasteiger partial charge is 0.227 e. The van der Waals surface area contributed by atoms with Crippen molar-refractivity contribution in [3.05, 3.63) is 0 Å². The molecule has 0 spiro atoms. The van der Waals surface area contributed by atoms with Gasteiger partial charge in [0.05, 0.1) is 5.92 Å². The first-order valence-corrected chi connectivity index (χ1v) is 9.77. The van der Waals surface area contributed by atoms with Crippen molar-refractivity contribution in [3.8, 4) is 0 Å². The van der Waals surface area contributed by atoms with E-state index < -0.39 is 0 Å². The number of rotatable bonds is 4. The number of nitrogens with zero attached hydrogens (tertiary/aromatic N) is 2. The van der Waals surface area contributed by atoms with Crippen LogP contribution in [-0.2, 0) is 9.59 Å². The van der Waals surface area contributed by atoms with Crippen LogP contribution in [0.4, 0.5) is 0 Å². The Hall–Kier alpha value is -1.06. The van der Waals surface area contributed by atoms with Crippen molar-refractivity contribution in [1.82, 2.24) is 9.80 Å². The van der Waals surface area contributed by atoms with Gasteiger partial charge in [-0.1, -0.05) is 32.6 Å². The van der Waals surface area contributed by atoms with E-state index in [-0.39, 0.29) is 17.7 Å². The normalized spacial score (nSPS) is 30.0. The predicted octanol–water partition coefficient (Wildman–Crippen LogP) is 3.21. The zero-order valence-electron chi connectivity index (χ0n) is 14.6. The van der Waals surface area contributed by atoms with Crippen LogP contribution < -0.4 is 0 Å². The lowest BCUT2D eigenvalue weighted by molar-refractivity contribution is -0.135. The summed E-state index contributed by atoms with van der Waals surface area (Å²) in [6, 6.07) is 0.415. The first-order chi connectivity index (χ1) is 11.2. The van der Waals surface area contributed by atoms with Crippen molar-refractivity contribution < 1.29 is 9.59 Å². The fraction of sp³-hybridized carbons (Fsp3) is 0.895. The van der Waals surface area contributed by atoms with Crippen molar-refractivity contribution in [1.29, 1.82) is 0 Å². The van der Waals surface area contributed by atoms with Gasteiger partial charge in [0.15, 0.2) is 0 Å². The highest BCUT2D eigenvalue weighted by molar-refractivity contribution is 5.89. The van der Waals surface area contributed by atoms with Crippen molar-refractivity contribution >= 4 is 11.8 Å².